The van der Waals surface area contributed by atoms with Crippen molar-refractivity contribution in [2.45, 2.75) is 0 Å². The summed E-state index contributed by atoms with van der Waals surface area (Å²) in [5.41, 5.74) is 2.18. The third kappa shape index (κ3) is 2.08. The van der Waals surface area contributed by atoms with Crippen molar-refractivity contribution in [2.24, 2.45) is 0 Å². The molecule has 0 saturated heterocycles. The second-order valence-corrected chi connectivity index (χ2v) is 4.34. The number of aldehydes is 1. The van der Waals surface area contributed by atoms with Crippen molar-refractivity contribution in [3.8, 4) is 11.3 Å². The van der Waals surface area contributed by atoms with E-state index in [4.69, 9.17) is 11.6 Å². The van der Waals surface area contributed by atoms with Crippen molar-refractivity contribution in [1.29, 1.82) is 0 Å². The van der Waals surface area contributed by atoms with Gasteiger partial charge in [0, 0.05) is 5.56 Å². The summed E-state index contributed by atoms with van der Waals surface area (Å²) < 4.78 is 14.6. The van der Waals surface area contributed by atoms with Crippen molar-refractivity contribution >= 4 is 23.5 Å². The highest BCUT2D eigenvalue weighted by Crippen LogP contribution is 2.23. The fourth-order valence-electron chi connectivity index (χ4n) is 1.77. The van der Waals surface area contributed by atoms with Gasteiger partial charge in [-0.2, -0.15) is 5.10 Å². The fraction of sp³-hybridized carbons (Fsp3) is 0. The van der Waals surface area contributed by atoms with E-state index in [0.717, 1.165) is 0 Å². The van der Waals surface area contributed by atoms with Gasteiger partial charge in [0.15, 0.2) is 11.9 Å². The molecule has 4 nitrogen and oxygen atoms in total. The first-order valence-electron chi connectivity index (χ1n) is 5.44. The topological polar surface area (TPSA) is 47.3 Å². The molecule has 0 bridgehead atoms. The van der Waals surface area contributed by atoms with Crippen LogP contribution >= 0.6 is 11.6 Å². The number of benzene rings is 1. The fourth-order valence-corrected chi connectivity index (χ4v) is 1.95. The van der Waals surface area contributed by atoms with Crippen molar-refractivity contribution in [3.05, 3.63) is 53.1 Å². The molecule has 6 heteroatoms. The Balaban J connectivity index is 2.13. The summed E-state index contributed by atoms with van der Waals surface area (Å²) in [7, 11) is 0. The van der Waals surface area contributed by atoms with E-state index < -0.39 is 5.82 Å². The van der Waals surface area contributed by atoms with E-state index >= 15 is 0 Å². The number of fused-ring (bicyclic) bond motifs is 1. The third-order valence-corrected chi connectivity index (χ3v) is 2.96. The van der Waals surface area contributed by atoms with E-state index in [2.05, 4.69) is 10.1 Å². The zero-order valence-electron chi connectivity index (χ0n) is 9.55. The predicted octanol–water partition coefficient (Wildman–Crippen LogP) is 3.00. The summed E-state index contributed by atoms with van der Waals surface area (Å²) in [6.07, 6.45) is 2.18. The van der Waals surface area contributed by atoms with Crippen LogP contribution in [0, 0.1) is 5.82 Å². The maximum Gasteiger partial charge on any atom is 0.170 e. The van der Waals surface area contributed by atoms with Crippen LogP contribution in [-0.4, -0.2) is 20.9 Å². The minimum Gasteiger partial charge on any atom is -0.296 e. The smallest absolute Gasteiger partial charge is 0.170 e. The molecule has 0 aliphatic rings. The van der Waals surface area contributed by atoms with Crippen molar-refractivity contribution in [1.82, 2.24) is 14.6 Å². The standard InChI is InChI=1S/C13H7ClFN3O/c14-10-5-8(1-2-11(10)15)12-3-4-13-16-9(7-19)6-18(13)17-12/h1-7H. The lowest BCUT2D eigenvalue weighted by atomic mass is 10.1. The number of carbonyl (C=O) groups is 1. The summed E-state index contributed by atoms with van der Waals surface area (Å²) in [6, 6.07) is 7.84. The van der Waals surface area contributed by atoms with Crippen LogP contribution in [0.5, 0.6) is 0 Å². The van der Waals surface area contributed by atoms with Gasteiger partial charge in [-0.15, -0.1) is 0 Å². The van der Waals surface area contributed by atoms with Crippen LogP contribution in [0.3, 0.4) is 0 Å². The molecule has 0 aliphatic heterocycles. The lowest BCUT2D eigenvalue weighted by molar-refractivity contribution is 0.111. The number of imidazole rings is 1. The van der Waals surface area contributed by atoms with Gasteiger partial charge >= 0.3 is 0 Å². The van der Waals surface area contributed by atoms with Gasteiger partial charge in [-0.05, 0) is 30.3 Å². The molecule has 3 aromatic rings. The summed E-state index contributed by atoms with van der Waals surface area (Å²) in [4.78, 5) is 14.7. The maximum atomic E-state index is 13.1. The zero-order valence-corrected chi connectivity index (χ0v) is 10.3. The SMILES string of the molecule is O=Cc1cn2nc(-c3ccc(F)c(Cl)c3)ccc2n1. The van der Waals surface area contributed by atoms with Crippen LogP contribution in [0.4, 0.5) is 4.39 Å². The Labute approximate surface area is 112 Å². The molecule has 0 unspecified atom stereocenters. The molecule has 0 atom stereocenters. The summed E-state index contributed by atoms with van der Waals surface area (Å²) >= 11 is 5.74. The molecule has 0 N–H and O–H groups in total. The Kier molecular flexibility index (Phi) is 2.76. The average molecular weight is 276 g/mol. The zero-order chi connectivity index (χ0) is 13.4. The highest BCUT2D eigenvalue weighted by molar-refractivity contribution is 6.31. The van der Waals surface area contributed by atoms with Gasteiger partial charge in [0.1, 0.15) is 11.5 Å². The Bertz CT molecular complexity index is 785. The molecule has 2 aromatic heterocycles. The van der Waals surface area contributed by atoms with Crippen LogP contribution in [0.25, 0.3) is 16.9 Å². The molecule has 19 heavy (non-hydrogen) atoms. The molecule has 1 aromatic carbocycles. The molecule has 0 radical (unpaired) electrons. The van der Waals surface area contributed by atoms with Crippen LogP contribution in [0.1, 0.15) is 10.5 Å². The number of nitrogens with zero attached hydrogens (tertiary/aromatic N) is 3. The van der Waals surface area contributed by atoms with E-state index in [1.165, 1.54) is 22.8 Å². The molecule has 3 rings (SSSR count). The molecule has 0 aliphatic carbocycles. The number of hydrogen-bond donors (Lipinski definition) is 0. The number of rotatable bonds is 2. The van der Waals surface area contributed by atoms with E-state index in [9.17, 15) is 9.18 Å². The van der Waals surface area contributed by atoms with Gasteiger partial charge in [-0.3, -0.25) is 4.79 Å². The van der Waals surface area contributed by atoms with Crippen molar-refractivity contribution in [2.75, 3.05) is 0 Å². The van der Waals surface area contributed by atoms with Crippen LogP contribution in [-0.2, 0) is 0 Å². The maximum absolute atomic E-state index is 13.1. The van der Waals surface area contributed by atoms with E-state index in [-0.39, 0.29) is 5.02 Å². The first-order valence-corrected chi connectivity index (χ1v) is 5.82. The first-order chi connectivity index (χ1) is 9.17. The number of hydrogen-bond acceptors (Lipinski definition) is 3. The number of halogens is 2. The van der Waals surface area contributed by atoms with Gasteiger partial charge < -0.3 is 0 Å². The molecule has 0 amide bonds. The highest BCUT2D eigenvalue weighted by Gasteiger charge is 2.07. The summed E-state index contributed by atoms with van der Waals surface area (Å²) in [5, 5.41) is 4.34. The summed E-state index contributed by atoms with van der Waals surface area (Å²) in [6.45, 7) is 0. The Morgan fingerprint density at radius 3 is 2.84 bits per heavy atom. The minimum atomic E-state index is -0.475. The van der Waals surface area contributed by atoms with Gasteiger partial charge in [-0.1, -0.05) is 11.6 Å². The lowest BCUT2D eigenvalue weighted by Gasteiger charge is -2.02. The van der Waals surface area contributed by atoms with Crippen molar-refractivity contribution in [3.63, 3.8) is 0 Å². The highest BCUT2D eigenvalue weighted by atomic mass is 35.5. The molecule has 0 fully saturated rings. The normalized spacial score (nSPS) is 10.8. The molecule has 0 spiro atoms. The minimum absolute atomic E-state index is 0.0404. The van der Waals surface area contributed by atoms with E-state index in [1.54, 1.807) is 18.2 Å². The van der Waals surface area contributed by atoms with Crippen LogP contribution < -0.4 is 0 Å². The number of aromatic nitrogens is 3. The van der Waals surface area contributed by atoms with Crippen LogP contribution in [0.15, 0.2) is 36.5 Å². The van der Waals surface area contributed by atoms with E-state index in [1.807, 2.05) is 0 Å². The Hall–Kier alpha value is -2.27. The van der Waals surface area contributed by atoms with Crippen LogP contribution in [0.2, 0.25) is 5.02 Å². The van der Waals surface area contributed by atoms with Gasteiger partial charge in [0.25, 0.3) is 0 Å². The predicted molar refractivity (Wildman–Crippen MR) is 68.8 cm³/mol. The van der Waals surface area contributed by atoms with Gasteiger partial charge in [0.05, 0.1) is 16.9 Å². The first kappa shape index (κ1) is 11.8. The second kappa shape index (κ2) is 4.44. The van der Waals surface area contributed by atoms with E-state index in [0.29, 0.717) is 28.9 Å². The van der Waals surface area contributed by atoms with Gasteiger partial charge in [-0.25, -0.2) is 13.9 Å². The van der Waals surface area contributed by atoms with Gasteiger partial charge in [0.2, 0.25) is 0 Å². The average Bonchev–Trinajstić information content (AvgIpc) is 2.83. The second-order valence-electron chi connectivity index (χ2n) is 3.93. The quantitative estimate of drug-likeness (QED) is 0.676. The summed E-state index contributed by atoms with van der Waals surface area (Å²) in [5.74, 6) is -0.475. The largest absolute Gasteiger partial charge is 0.296 e. The number of carbonyl (C=O) groups excluding carboxylic acids is 1. The lowest BCUT2D eigenvalue weighted by Crippen LogP contribution is -1.93. The molecule has 2 heterocycles. The Morgan fingerprint density at radius 2 is 2.11 bits per heavy atom. The monoisotopic (exact) mass is 275 g/mol. The van der Waals surface area contributed by atoms with Crippen molar-refractivity contribution < 1.29 is 9.18 Å². The third-order valence-electron chi connectivity index (χ3n) is 2.67. The Morgan fingerprint density at radius 1 is 1.26 bits per heavy atom. The molecule has 0 saturated carbocycles. The molecule has 94 valence electrons. The molecular weight excluding hydrogens is 269 g/mol. The molecular formula is C13H7ClFN3O.